The number of fused-ring (bicyclic) bond motifs is 1. The van der Waals surface area contributed by atoms with Crippen molar-refractivity contribution in [1.82, 2.24) is 9.55 Å². The normalized spacial score (nSPS) is 10.8. The summed E-state index contributed by atoms with van der Waals surface area (Å²) in [6.07, 6.45) is 3.27. The summed E-state index contributed by atoms with van der Waals surface area (Å²) in [4.78, 5) is 27.8. The highest BCUT2D eigenvalue weighted by molar-refractivity contribution is 5.77. The van der Waals surface area contributed by atoms with Gasteiger partial charge >= 0.3 is 5.97 Å². The van der Waals surface area contributed by atoms with Crippen LogP contribution in [0.3, 0.4) is 0 Å². The molecule has 0 N–H and O–H groups in total. The zero-order valence-corrected chi connectivity index (χ0v) is 12.7. The smallest absolute Gasteiger partial charge is 0.326 e. The lowest BCUT2D eigenvalue weighted by Gasteiger charge is -2.09. The number of esters is 1. The Balaban J connectivity index is 1.92. The number of unbranched alkanes of at least 4 members (excludes halogenated alkanes) is 1. The summed E-state index contributed by atoms with van der Waals surface area (Å²) < 4.78 is 11.8. The topological polar surface area (TPSA) is 70.4 Å². The molecule has 22 heavy (non-hydrogen) atoms. The molecule has 1 aromatic heterocycles. The SMILES string of the molecule is CCCCOCCOC(=O)Cn1c(=O)cnc2ccccc21. The Kier molecular flexibility index (Phi) is 6.09. The van der Waals surface area contributed by atoms with Crippen LogP contribution in [0, 0.1) is 0 Å². The zero-order valence-electron chi connectivity index (χ0n) is 12.7. The second-order valence-corrected chi connectivity index (χ2v) is 4.86. The summed E-state index contributed by atoms with van der Waals surface area (Å²) in [5.74, 6) is -0.461. The van der Waals surface area contributed by atoms with Crippen LogP contribution in [0.4, 0.5) is 0 Å². The monoisotopic (exact) mass is 304 g/mol. The molecule has 0 saturated heterocycles. The van der Waals surface area contributed by atoms with Crippen LogP contribution in [0.1, 0.15) is 19.8 Å². The highest BCUT2D eigenvalue weighted by Crippen LogP contribution is 2.08. The minimum atomic E-state index is -0.461. The molecular formula is C16H20N2O4. The van der Waals surface area contributed by atoms with Gasteiger partial charge in [-0.25, -0.2) is 4.98 Å². The largest absolute Gasteiger partial charge is 0.462 e. The van der Waals surface area contributed by atoms with Crippen molar-refractivity contribution in [2.75, 3.05) is 19.8 Å². The lowest BCUT2D eigenvalue weighted by atomic mass is 10.3. The Hall–Kier alpha value is -2.21. The first-order valence-corrected chi connectivity index (χ1v) is 7.40. The van der Waals surface area contributed by atoms with Crippen molar-refractivity contribution in [1.29, 1.82) is 0 Å². The number of aromatic nitrogens is 2. The standard InChI is InChI=1S/C16H20N2O4/c1-2-3-8-21-9-10-22-16(20)12-18-14-7-5-4-6-13(14)17-11-15(18)19/h4-7,11H,2-3,8-10,12H2,1H3. The van der Waals surface area contributed by atoms with Gasteiger partial charge in [-0.15, -0.1) is 0 Å². The molecule has 0 bridgehead atoms. The molecule has 1 heterocycles. The van der Waals surface area contributed by atoms with Gasteiger partial charge in [-0.1, -0.05) is 25.5 Å². The van der Waals surface area contributed by atoms with Crippen molar-refractivity contribution >= 4 is 17.0 Å². The quantitative estimate of drug-likeness (QED) is 0.549. The maximum atomic E-state index is 11.9. The molecule has 2 aromatic rings. The molecule has 6 heteroatoms. The molecule has 0 aliphatic carbocycles. The number of para-hydroxylation sites is 2. The van der Waals surface area contributed by atoms with Crippen LogP contribution in [-0.4, -0.2) is 35.3 Å². The number of ether oxygens (including phenoxy) is 2. The van der Waals surface area contributed by atoms with E-state index in [9.17, 15) is 9.59 Å². The van der Waals surface area contributed by atoms with E-state index >= 15 is 0 Å². The third-order valence-corrected chi connectivity index (χ3v) is 3.17. The Morgan fingerprint density at radius 3 is 2.86 bits per heavy atom. The van der Waals surface area contributed by atoms with Gasteiger partial charge in [0.2, 0.25) is 0 Å². The fourth-order valence-corrected chi connectivity index (χ4v) is 2.02. The molecule has 0 fully saturated rings. The first kappa shape index (κ1) is 16.2. The average molecular weight is 304 g/mol. The second-order valence-electron chi connectivity index (χ2n) is 4.86. The second kappa shape index (κ2) is 8.29. The molecule has 0 radical (unpaired) electrons. The predicted octanol–water partition coefficient (Wildman–Crippen LogP) is 1.76. The third-order valence-electron chi connectivity index (χ3n) is 3.17. The van der Waals surface area contributed by atoms with Crippen molar-refractivity contribution in [2.45, 2.75) is 26.3 Å². The van der Waals surface area contributed by atoms with Gasteiger partial charge < -0.3 is 9.47 Å². The van der Waals surface area contributed by atoms with Crippen LogP contribution in [0.2, 0.25) is 0 Å². The molecule has 0 unspecified atom stereocenters. The van der Waals surface area contributed by atoms with Crippen LogP contribution in [0.25, 0.3) is 11.0 Å². The van der Waals surface area contributed by atoms with Crippen LogP contribution in [0.15, 0.2) is 35.3 Å². The van der Waals surface area contributed by atoms with Crippen molar-refractivity contribution in [3.63, 3.8) is 0 Å². The van der Waals surface area contributed by atoms with Crippen LogP contribution in [0.5, 0.6) is 0 Å². The fourth-order valence-electron chi connectivity index (χ4n) is 2.02. The third kappa shape index (κ3) is 4.39. The summed E-state index contributed by atoms with van der Waals surface area (Å²) in [6, 6.07) is 7.17. The summed E-state index contributed by atoms with van der Waals surface area (Å²) in [7, 11) is 0. The van der Waals surface area contributed by atoms with Gasteiger partial charge in [0.15, 0.2) is 0 Å². The molecule has 2 rings (SSSR count). The molecule has 0 aliphatic heterocycles. The molecule has 0 amide bonds. The van der Waals surface area contributed by atoms with Gasteiger partial charge in [0, 0.05) is 6.61 Å². The van der Waals surface area contributed by atoms with Gasteiger partial charge in [-0.2, -0.15) is 0 Å². The number of benzene rings is 1. The Bertz CT molecular complexity index is 681. The maximum Gasteiger partial charge on any atom is 0.326 e. The molecule has 0 aliphatic rings. The Morgan fingerprint density at radius 2 is 2.05 bits per heavy atom. The number of hydrogen-bond donors (Lipinski definition) is 0. The molecule has 0 spiro atoms. The van der Waals surface area contributed by atoms with E-state index < -0.39 is 5.97 Å². The van der Waals surface area contributed by atoms with E-state index in [1.54, 1.807) is 18.2 Å². The average Bonchev–Trinajstić information content (AvgIpc) is 2.53. The van der Waals surface area contributed by atoms with Gasteiger partial charge in [0.05, 0.1) is 23.8 Å². The van der Waals surface area contributed by atoms with Crippen LogP contribution in [-0.2, 0) is 20.8 Å². The lowest BCUT2D eigenvalue weighted by Crippen LogP contribution is -2.26. The minimum absolute atomic E-state index is 0.128. The highest BCUT2D eigenvalue weighted by Gasteiger charge is 2.09. The number of carbonyl (C=O) groups excluding carboxylic acids is 1. The number of carbonyl (C=O) groups is 1. The van der Waals surface area contributed by atoms with Crippen LogP contribution < -0.4 is 5.56 Å². The van der Waals surface area contributed by atoms with Crippen molar-refractivity contribution in [2.24, 2.45) is 0 Å². The maximum absolute atomic E-state index is 11.9. The first-order valence-electron chi connectivity index (χ1n) is 7.40. The summed E-state index contributed by atoms with van der Waals surface area (Å²) >= 11 is 0. The van der Waals surface area contributed by atoms with Crippen LogP contribution >= 0.6 is 0 Å². The van der Waals surface area contributed by atoms with Gasteiger partial charge in [-0.05, 0) is 18.6 Å². The molecule has 0 atom stereocenters. The van der Waals surface area contributed by atoms with E-state index in [-0.39, 0.29) is 18.7 Å². The lowest BCUT2D eigenvalue weighted by molar-refractivity contribution is -0.145. The van der Waals surface area contributed by atoms with E-state index in [4.69, 9.17) is 9.47 Å². The fraction of sp³-hybridized carbons (Fsp3) is 0.438. The Morgan fingerprint density at radius 1 is 1.23 bits per heavy atom. The summed E-state index contributed by atoms with van der Waals surface area (Å²) in [5, 5.41) is 0. The minimum Gasteiger partial charge on any atom is -0.462 e. The number of hydrogen-bond acceptors (Lipinski definition) is 5. The Labute approximate surface area is 128 Å². The van der Waals surface area contributed by atoms with Gasteiger partial charge in [0.1, 0.15) is 13.2 Å². The predicted molar refractivity (Wildman–Crippen MR) is 82.7 cm³/mol. The summed E-state index contributed by atoms with van der Waals surface area (Å²) in [6.45, 7) is 3.19. The van der Waals surface area contributed by atoms with E-state index in [0.717, 1.165) is 12.8 Å². The summed E-state index contributed by atoms with van der Waals surface area (Å²) in [5.41, 5.74) is 0.957. The van der Waals surface area contributed by atoms with E-state index in [0.29, 0.717) is 24.2 Å². The molecule has 118 valence electrons. The van der Waals surface area contributed by atoms with Gasteiger partial charge in [-0.3, -0.25) is 14.2 Å². The van der Waals surface area contributed by atoms with Crippen molar-refractivity contribution in [3.05, 3.63) is 40.8 Å². The molecule has 6 nitrogen and oxygen atoms in total. The van der Waals surface area contributed by atoms with E-state index in [2.05, 4.69) is 11.9 Å². The van der Waals surface area contributed by atoms with E-state index in [1.165, 1.54) is 10.8 Å². The van der Waals surface area contributed by atoms with E-state index in [1.807, 2.05) is 6.07 Å². The first-order chi connectivity index (χ1) is 10.7. The molecular weight excluding hydrogens is 284 g/mol. The molecule has 0 saturated carbocycles. The highest BCUT2D eigenvalue weighted by atomic mass is 16.6. The molecule has 1 aromatic carbocycles. The van der Waals surface area contributed by atoms with Crippen molar-refractivity contribution in [3.8, 4) is 0 Å². The van der Waals surface area contributed by atoms with Gasteiger partial charge in [0.25, 0.3) is 5.56 Å². The number of nitrogens with zero attached hydrogens (tertiary/aromatic N) is 2. The number of rotatable bonds is 8. The van der Waals surface area contributed by atoms with Crippen molar-refractivity contribution < 1.29 is 14.3 Å². The zero-order chi connectivity index (χ0) is 15.8.